The zero-order valence-electron chi connectivity index (χ0n) is 11.0. The molecule has 2 rings (SSSR count). The maximum absolute atomic E-state index is 3.65. The summed E-state index contributed by atoms with van der Waals surface area (Å²) in [6, 6.07) is 17.2. The van der Waals surface area contributed by atoms with Gasteiger partial charge in [-0.3, -0.25) is 0 Å². The fourth-order valence-electron chi connectivity index (χ4n) is 2.38. The molecular weight excluding hydrogens is 366 g/mol. The van der Waals surface area contributed by atoms with Gasteiger partial charge in [-0.1, -0.05) is 69.1 Å². The molecule has 0 radical (unpaired) electrons. The Morgan fingerprint density at radius 3 is 2.32 bits per heavy atom. The molecule has 0 amide bonds. The molecule has 0 spiro atoms. The number of hydrogen-bond donors (Lipinski definition) is 1. The summed E-state index contributed by atoms with van der Waals surface area (Å²) in [4.78, 5) is 0. The molecule has 0 aromatic heterocycles. The van der Waals surface area contributed by atoms with E-state index in [4.69, 9.17) is 0 Å². The van der Waals surface area contributed by atoms with E-state index in [1.165, 1.54) is 11.1 Å². The molecule has 0 saturated carbocycles. The van der Waals surface area contributed by atoms with E-state index >= 15 is 0 Å². The highest BCUT2D eigenvalue weighted by Gasteiger charge is 2.21. The van der Waals surface area contributed by atoms with Gasteiger partial charge in [0, 0.05) is 20.9 Å². The third-order valence-corrected chi connectivity index (χ3v) is 4.64. The summed E-state index contributed by atoms with van der Waals surface area (Å²) in [5.74, 6) is 0.400. The molecule has 0 fully saturated rings. The second-order valence-corrected chi connectivity index (χ2v) is 6.40. The SMILES string of the molecule is CNC(c1cc(Br)ccc1Br)C(C)c1ccccc1. The van der Waals surface area contributed by atoms with E-state index in [1.54, 1.807) is 0 Å². The Hall–Kier alpha value is -0.640. The van der Waals surface area contributed by atoms with Crippen molar-refractivity contribution < 1.29 is 0 Å². The van der Waals surface area contributed by atoms with E-state index in [-0.39, 0.29) is 6.04 Å². The van der Waals surface area contributed by atoms with Gasteiger partial charge in [-0.05, 0) is 36.4 Å². The van der Waals surface area contributed by atoms with Crippen molar-refractivity contribution in [2.24, 2.45) is 0 Å². The number of hydrogen-bond acceptors (Lipinski definition) is 1. The Balaban J connectivity index is 2.37. The lowest BCUT2D eigenvalue weighted by Crippen LogP contribution is -2.22. The Kier molecular flexibility index (Phi) is 5.20. The van der Waals surface area contributed by atoms with Gasteiger partial charge >= 0.3 is 0 Å². The summed E-state index contributed by atoms with van der Waals surface area (Å²) in [5, 5.41) is 3.43. The first-order valence-corrected chi connectivity index (χ1v) is 7.89. The van der Waals surface area contributed by atoms with Gasteiger partial charge < -0.3 is 5.32 Å². The van der Waals surface area contributed by atoms with Crippen LogP contribution in [0.3, 0.4) is 0 Å². The zero-order valence-corrected chi connectivity index (χ0v) is 14.2. The quantitative estimate of drug-likeness (QED) is 0.758. The molecule has 0 aliphatic rings. The van der Waals surface area contributed by atoms with Gasteiger partial charge in [0.25, 0.3) is 0 Å². The van der Waals surface area contributed by atoms with E-state index in [2.05, 4.69) is 86.6 Å². The highest BCUT2D eigenvalue weighted by molar-refractivity contribution is 9.11. The maximum atomic E-state index is 3.65. The highest BCUT2D eigenvalue weighted by Crippen LogP contribution is 2.35. The zero-order chi connectivity index (χ0) is 13.8. The summed E-state index contributed by atoms with van der Waals surface area (Å²) in [7, 11) is 2.01. The van der Waals surface area contributed by atoms with Crippen LogP contribution in [-0.4, -0.2) is 7.05 Å². The largest absolute Gasteiger partial charge is 0.312 e. The van der Waals surface area contributed by atoms with Crippen molar-refractivity contribution in [3.63, 3.8) is 0 Å². The smallest absolute Gasteiger partial charge is 0.0396 e. The third-order valence-electron chi connectivity index (χ3n) is 3.43. The molecule has 2 atom stereocenters. The van der Waals surface area contributed by atoms with Crippen molar-refractivity contribution >= 4 is 31.9 Å². The minimum absolute atomic E-state index is 0.272. The van der Waals surface area contributed by atoms with Gasteiger partial charge in [0.15, 0.2) is 0 Å². The van der Waals surface area contributed by atoms with Crippen molar-refractivity contribution in [3.05, 3.63) is 68.6 Å². The summed E-state index contributed by atoms with van der Waals surface area (Å²) in [6.07, 6.45) is 0. The predicted molar refractivity (Wildman–Crippen MR) is 88.5 cm³/mol. The van der Waals surface area contributed by atoms with Crippen molar-refractivity contribution in [3.8, 4) is 0 Å². The lowest BCUT2D eigenvalue weighted by molar-refractivity contribution is 0.506. The number of likely N-dealkylation sites (N-methyl/N-ethyl adjacent to an activating group) is 1. The molecule has 2 aromatic rings. The third kappa shape index (κ3) is 3.47. The van der Waals surface area contributed by atoms with E-state index in [1.807, 2.05) is 13.1 Å². The minimum atomic E-state index is 0.272. The van der Waals surface area contributed by atoms with Crippen molar-refractivity contribution in [2.45, 2.75) is 18.9 Å². The molecule has 0 aliphatic heterocycles. The molecule has 0 aliphatic carbocycles. The predicted octanol–water partition coefficient (Wildman–Crippen LogP) is 5.28. The van der Waals surface area contributed by atoms with Gasteiger partial charge in [0.05, 0.1) is 0 Å². The average molecular weight is 383 g/mol. The van der Waals surface area contributed by atoms with Crippen LogP contribution in [0.2, 0.25) is 0 Å². The first-order chi connectivity index (χ1) is 9.13. The Bertz CT molecular complexity index is 540. The highest BCUT2D eigenvalue weighted by atomic mass is 79.9. The molecule has 2 aromatic carbocycles. The van der Waals surface area contributed by atoms with Gasteiger partial charge in [-0.15, -0.1) is 0 Å². The van der Waals surface area contributed by atoms with Crippen LogP contribution in [0.15, 0.2) is 57.5 Å². The molecule has 19 heavy (non-hydrogen) atoms. The summed E-state index contributed by atoms with van der Waals surface area (Å²) >= 11 is 7.20. The standard InChI is InChI=1S/C16H17Br2N/c1-11(12-6-4-3-5-7-12)16(19-2)14-10-13(17)8-9-15(14)18/h3-11,16,19H,1-2H3. The Morgan fingerprint density at radius 2 is 1.68 bits per heavy atom. The van der Waals surface area contributed by atoms with Crippen LogP contribution >= 0.6 is 31.9 Å². The molecule has 0 heterocycles. The number of rotatable bonds is 4. The molecule has 1 nitrogen and oxygen atoms in total. The van der Waals surface area contributed by atoms with Crippen LogP contribution in [-0.2, 0) is 0 Å². The second-order valence-electron chi connectivity index (χ2n) is 4.63. The van der Waals surface area contributed by atoms with Gasteiger partial charge in [0.1, 0.15) is 0 Å². The molecular formula is C16H17Br2N. The fourth-order valence-corrected chi connectivity index (χ4v) is 3.25. The number of nitrogens with one attached hydrogen (secondary N) is 1. The molecule has 2 unspecified atom stereocenters. The van der Waals surface area contributed by atoms with E-state index in [0.29, 0.717) is 5.92 Å². The van der Waals surface area contributed by atoms with Crippen LogP contribution in [0.5, 0.6) is 0 Å². The number of benzene rings is 2. The summed E-state index contributed by atoms with van der Waals surface area (Å²) in [6.45, 7) is 2.25. The monoisotopic (exact) mass is 381 g/mol. The van der Waals surface area contributed by atoms with Gasteiger partial charge in [-0.2, -0.15) is 0 Å². The van der Waals surface area contributed by atoms with Crippen LogP contribution in [0.1, 0.15) is 30.0 Å². The molecule has 0 saturated heterocycles. The maximum Gasteiger partial charge on any atom is 0.0396 e. The van der Waals surface area contributed by atoms with Crippen molar-refractivity contribution in [1.29, 1.82) is 0 Å². The Morgan fingerprint density at radius 1 is 1.00 bits per heavy atom. The van der Waals surface area contributed by atoms with Crippen LogP contribution in [0.4, 0.5) is 0 Å². The minimum Gasteiger partial charge on any atom is -0.312 e. The Labute approximate surface area is 131 Å². The van der Waals surface area contributed by atoms with Crippen molar-refractivity contribution in [1.82, 2.24) is 5.32 Å². The van der Waals surface area contributed by atoms with Crippen molar-refractivity contribution in [2.75, 3.05) is 7.05 Å². The first-order valence-electron chi connectivity index (χ1n) is 6.30. The summed E-state index contributed by atoms with van der Waals surface area (Å²) in [5.41, 5.74) is 2.61. The van der Waals surface area contributed by atoms with Gasteiger partial charge in [0.2, 0.25) is 0 Å². The average Bonchev–Trinajstić information content (AvgIpc) is 2.44. The normalized spacial score (nSPS) is 14.1. The first kappa shape index (κ1) is 14.8. The van der Waals surface area contributed by atoms with E-state index in [9.17, 15) is 0 Å². The van der Waals surface area contributed by atoms with E-state index < -0.39 is 0 Å². The summed E-state index contributed by atoms with van der Waals surface area (Å²) < 4.78 is 2.24. The van der Waals surface area contributed by atoms with Crippen LogP contribution < -0.4 is 5.32 Å². The van der Waals surface area contributed by atoms with Crippen LogP contribution in [0, 0.1) is 0 Å². The fraction of sp³-hybridized carbons (Fsp3) is 0.250. The van der Waals surface area contributed by atoms with Crippen LogP contribution in [0.25, 0.3) is 0 Å². The molecule has 1 N–H and O–H groups in total. The van der Waals surface area contributed by atoms with Gasteiger partial charge in [-0.25, -0.2) is 0 Å². The lowest BCUT2D eigenvalue weighted by Gasteiger charge is -2.25. The second kappa shape index (κ2) is 6.69. The molecule has 3 heteroatoms. The number of halogens is 2. The van der Waals surface area contributed by atoms with E-state index in [0.717, 1.165) is 8.95 Å². The lowest BCUT2D eigenvalue weighted by atomic mass is 9.89. The topological polar surface area (TPSA) is 12.0 Å². The molecule has 0 bridgehead atoms. The molecule has 100 valence electrons.